The van der Waals surface area contributed by atoms with Crippen LogP contribution in [0.3, 0.4) is 0 Å². The Bertz CT molecular complexity index is 101. The van der Waals surface area contributed by atoms with Crippen molar-refractivity contribution >= 4 is 0 Å². The average molecular weight is 151 g/mol. The second kappa shape index (κ2) is 9.48. The molecule has 0 fully saturated rings. The van der Waals surface area contributed by atoms with Crippen LogP contribution < -0.4 is 0 Å². The lowest BCUT2D eigenvalue weighted by atomic mass is 10.1. The summed E-state index contributed by atoms with van der Waals surface area (Å²) in [6.45, 7) is 7.42. The van der Waals surface area contributed by atoms with Crippen LogP contribution in [0.4, 0.5) is 0 Å². The predicted molar refractivity (Wildman–Crippen MR) is 51.4 cm³/mol. The van der Waals surface area contributed by atoms with Gasteiger partial charge in [0.1, 0.15) is 0 Å². The standard InChI is InChI=1S/C11H19/c1-3-5-7-9-11-10-8-6-4-2/h1,3,6,8H,4-5,7,9-11H2,2H3/b3-1?,8-6+. The molecular weight excluding hydrogens is 132 g/mol. The van der Waals surface area contributed by atoms with E-state index < -0.39 is 0 Å². The molecule has 0 spiro atoms. The van der Waals surface area contributed by atoms with Gasteiger partial charge in [-0.3, -0.25) is 0 Å². The SMILES string of the molecule is [CH]=CCCCCC/C=C/CC. The van der Waals surface area contributed by atoms with Gasteiger partial charge in [-0.25, -0.2) is 0 Å². The number of hydrogen-bond acceptors (Lipinski definition) is 0. The van der Waals surface area contributed by atoms with Crippen LogP contribution in [0.2, 0.25) is 0 Å². The van der Waals surface area contributed by atoms with E-state index in [0.29, 0.717) is 0 Å². The quantitative estimate of drug-likeness (QED) is 0.382. The number of rotatable bonds is 7. The highest BCUT2D eigenvalue weighted by molar-refractivity contribution is 4.79. The topological polar surface area (TPSA) is 0 Å². The fourth-order valence-corrected chi connectivity index (χ4v) is 0.986. The molecule has 0 unspecified atom stereocenters. The first-order valence-electron chi connectivity index (χ1n) is 4.60. The molecule has 0 heteroatoms. The molecule has 0 aromatic carbocycles. The predicted octanol–water partition coefficient (Wildman–Crippen LogP) is 3.89. The molecule has 0 aromatic rings. The smallest absolute Gasteiger partial charge is 0.0348 e. The highest BCUT2D eigenvalue weighted by Gasteiger charge is 1.83. The second-order valence-electron chi connectivity index (χ2n) is 2.75. The van der Waals surface area contributed by atoms with Crippen molar-refractivity contribution in [3.05, 3.63) is 24.8 Å². The summed E-state index contributed by atoms with van der Waals surface area (Å²) < 4.78 is 0. The molecule has 11 heavy (non-hydrogen) atoms. The normalized spacial score (nSPS) is 10.6. The lowest BCUT2D eigenvalue weighted by Crippen LogP contribution is -1.73. The molecule has 0 atom stereocenters. The van der Waals surface area contributed by atoms with Crippen LogP contribution in [-0.4, -0.2) is 0 Å². The van der Waals surface area contributed by atoms with Gasteiger partial charge in [-0.2, -0.15) is 0 Å². The lowest BCUT2D eigenvalue weighted by Gasteiger charge is -1.93. The van der Waals surface area contributed by atoms with Crippen molar-refractivity contribution in [1.82, 2.24) is 0 Å². The van der Waals surface area contributed by atoms with Crippen molar-refractivity contribution in [3.63, 3.8) is 0 Å². The highest BCUT2D eigenvalue weighted by atomic mass is 13.9. The molecule has 0 aromatic heterocycles. The molecule has 0 saturated heterocycles. The van der Waals surface area contributed by atoms with Gasteiger partial charge in [-0.05, 0) is 32.1 Å². The van der Waals surface area contributed by atoms with Crippen molar-refractivity contribution in [2.45, 2.75) is 45.4 Å². The van der Waals surface area contributed by atoms with Gasteiger partial charge >= 0.3 is 0 Å². The van der Waals surface area contributed by atoms with E-state index in [-0.39, 0.29) is 0 Å². The van der Waals surface area contributed by atoms with Gasteiger partial charge < -0.3 is 0 Å². The fourth-order valence-electron chi connectivity index (χ4n) is 0.986. The van der Waals surface area contributed by atoms with Crippen LogP contribution in [0.5, 0.6) is 0 Å². The summed E-state index contributed by atoms with van der Waals surface area (Å²) in [4.78, 5) is 0. The first-order valence-corrected chi connectivity index (χ1v) is 4.60. The average Bonchev–Trinajstić information content (AvgIpc) is 2.03. The van der Waals surface area contributed by atoms with E-state index in [0.717, 1.165) is 12.8 Å². The summed E-state index contributed by atoms with van der Waals surface area (Å²) in [5.74, 6) is 0. The Hall–Kier alpha value is -0.520. The molecule has 0 heterocycles. The number of allylic oxidation sites excluding steroid dienone is 3. The number of unbranched alkanes of at least 4 members (excludes halogenated alkanes) is 4. The zero-order valence-electron chi connectivity index (χ0n) is 7.55. The Morgan fingerprint density at radius 2 is 1.73 bits per heavy atom. The van der Waals surface area contributed by atoms with E-state index in [1.165, 1.54) is 25.7 Å². The second-order valence-corrected chi connectivity index (χ2v) is 2.75. The van der Waals surface area contributed by atoms with Gasteiger partial charge in [0.2, 0.25) is 0 Å². The van der Waals surface area contributed by atoms with Crippen LogP contribution in [0.1, 0.15) is 45.4 Å². The molecule has 0 aliphatic heterocycles. The molecule has 0 aliphatic rings. The van der Waals surface area contributed by atoms with Crippen LogP contribution in [-0.2, 0) is 0 Å². The van der Waals surface area contributed by atoms with E-state index in [2.05, 4.69) is 19.1 Å². The fraction of sp³-hybridized carbons (Fsp3) is 0.636. The molecule has 0 aliphatic carbocycles. The summed E-state index contributed by atoms with van der Waals surface area (Å²) in [7, 11) is 0. The van der Waals surface area contributed by atoms with Crippen LogP contribution in [0, 0.1) is 6.58 Å². The summed E-state index contributed by atoms with van der Waals surface area (Å²) in [6.07, 6.45) is 13.6. The summed E-state index contributed by atoms with van der Waals surface area (Å²) in [5.41, 5.74) is 0. The van der Waals surface area contributed by atoms with Gasteiger partial charge in [0.25, 0.3) is 0 Å². The van der Waals surface area contributed by atoms with Crippen LogP contribution in [0.15, 0.2) is 18.2 Å². The lowest BCUT2D eigenvalue weighted by molar-refractivity contribution is 0.695. The molecular formula is C11H19. The summed E-state index contributed by atoms with van der Waals surface area (Å²) in [6, 6.07) is 0. The molecule has 0 bridgehead atoms. The molecule has 0 N–H and O–H groups in total. The first-order chi connectivity index (χ1) is 5.41. The van der Waals surface area contributed by atoms with E-state index in [1.807, 2.05) is 0 Å². The third-order valence-corrected chi connectivity index (χ3v) is 1.64. The Labute approximate surface area is 71.0 Å². The van der Waals surface area contributed by atoms with E-state index in [9.17, 15) is 0 Å². The maximum atomic E-state index is 5.25. The maximum Gasteiger partial charge on any atom is -0.0348 e. The van der Waals surface area contributed by atoms with E-state index in [4.69, 9.17) is 6.58 Å². The van der Waals surface area contributed by atoms with Crippen molar-refractivity contribution in [3.8, 4) is 0 Å². The van der Waals surface area contributed by atoms with Gasteiger partial charge in [0.15, 0.2) is 0 Å². The molecule has 0 nitrogen and oxygen atoms in total. The highest BCUT2D eigenvalue weighted by Crippen LogP contribution is 2.03. The van der Waals surface area contributed by atoms with Crippen LogP contribution in [0.25, 0.3) is 0 Å². The van der Waals surface area contributed by atoms with E-state index in [1.54, 1.807) is 6.08 Å². The van der Waals surface area contributed by atoms with Crippen molar-refractivity contribution < 1.29 is 0 Å². The minimum absolute atomic E-state index is 1.07. The third-order valence-electron chi connectivity index (χ3n) is 1.64. The monoisotopic (exact) mass is 151 g/mol. The zero-order chi connectivity index (χ0) is 8.36. The minimum atomic E-state index is 1.07. The molecule has 63 valence electrons. The molecule has 0 rings (SSSR count). The molecule has 0 amide bonds. The van der Waals surface area contributed by atoms with Gasteiger partial charge in [0.05, 0.1) is 0 Å². The summed E-state index contributed by atoms with van der Waals surface area (Å²) in [5, 5.41) is 0. The van der Waals surface area contributed by atoms with Crippen LogP contribution >= 0.6 is 0 Å². The maximum absolute atomic E-state index is 5.25. The van der Waals surface area contributed by atoms with Crippen molar-refractivity contribution in [2.75, 3.05) is 0 Å². The summed E-state index contributed by atoms with van der Waals surface area (Å²) >= 11 is 0. The third kappa shape index (κ3) is 9.48. The van der Waals surface area contributed by atoms with Crippen molar-refractivity contribution in [2.24, 2.45) is 0 Å². The Balaban J connectivity index is 2.90. The first kappa shape index (κ1) is 10.5. The Kier molecular flexibility index (Phi) is 9.03. The largest absolute Gasteiger partial charge is 0.0888 e. The minimum Gasteiger partial charge on any atom is -0.0888 e. The molecule has 0 saturated carbocycles. The Morgan fingerprint density at radius 1 is 1.00 bits per heavy atom. The van der Waals surface area contributed by atoms with Gasteiger partial charge in [-0.15, -0.1) is 0 Å². The Morgan fingerprint density at radius 3 is 2.36 bits per heavy atom. The molecule has 1 radical (unpaired) electrons. The zero-order valence-corrected chi connectivity index (χ0v) is 7.55. The van der Waals surface area contributed by atoms with Gasteiger partial charge in [-0.1, -0.05) is 38.2 Å². The number of hydrogen-bond donors (Lipinski definition) is 0. The van der Waals surface area contributed by atoms with E-state index >= 15 is 0 Å². The van der Waals surface area contributed by atoms with Crippen molar-refractivity contribution in [1.29, 1.82) is 0 Å². The van der Waals surface area contributed by atoms with Gasteiger partial charge in [0, 0.05) is 0 Å².